The zero-order valence-electron chi connectivity index (χ0n) is 15.6. The third kappa shape index (κ3) is 5.84. The minimum Gasteiger partial charge on any atom is -0.426 e. The van der Waals surface area contributed by atoms with E-state index >= 15 is 0 Å². The Morgan fingerprint density at radius 1 is 1.37 bits per heavy atom. The number of hydrogen-bond donors (Lipinski definition) is 3. The number of aromatic nitrogens is 3. The van der Waals surface area contributed by atoms with Crippen molar-refractivity contribution in [3.05, 3.63) is 40.4 Å². The Morgan fingerprint density at radius 3 is 2.70 bits per heavy atom. The number of H-pyrrole nitrogens is 1. The molecule has 2 heterocycles. The number of carbonyl (C=O) groups is 4. The number of nitrogens with zero attached hydrogens (tertiary/aromatic N) is 3. The van der Waals surface area contributed by atoms with Crippen molar-refractivity contribution >= 4 is 53.2 Å². The molecule has 0 spiro atoms. The fraction of sp³-hybridized carbons (Fsp3) is 0.235. The van der Waals surface area contributed by atoms with Gasteiger partial charge in [-0.25, -0.2) is 10.4 Å². The Morgan fingerprint density at radius 2 is 2.10 bits per heavy atom. The first kappa shape index (κ1) is 21.4. The van der Waals surface area contributed by atoms with Crippen molar-refractivity contribution < 1.29 is 23.9 Å². The molecule has 3 amide bonds. The minimum atomic E-state index is -0.777. The second kappa shape index (κ2) is 9.45. The number of rotatable bonds is 7. The second-order valence-corrected chi connectivity index (χ2v) is 7.64. The summed E-state index contributed by atoms with van der Waals surface area (Å²) >= 11 is 5.77. The van der Waals surface area contributed by atoms with E-state index in [1.54, 1.807) is 31.2 Å². The van der Waals surface area contributed by atoms with Crippen LogP contribution in [0.1, 0.15) is 17.8 Å². The average molecular weight is 448 g/mol. The van der Waals surface area contributed by atoms with Crippen molar-refractivity contribution in [2.45, 2.75) is 25.1 Å². The largest absolute Gasteiger partial charge is 0.426 e. The van der Waals surface area contributed by atoms with Crippen molar-refractivity contribution in [3.8, 4) is 5.75 Å². The summed E-state index contributed by atoms with van der Waals surface area (Å²) in [6, 6.07) is 6.35. The van der Waals surface area contributed by atoms with E-state index < -0.39 is 22.4 Å². The van der Waals surface area contributed by atoms with E-state index in [1.807, 2.05) is 0 Å². The highest BCUT2D eigenvalue weighted by molar-refractivity contribution is 8.15. The molecule has 11 nitrogen and oxygen atoms in total. The molecule has 3 N–H and O–H groups in total. The highest BCUT2D eigenvalue weighted by Crippen LogP contribution is 2.23. The molecule has 30 heavy (non-hydrogen) atoms. The number of aryl methyl sites for hydroxylation is 1. The summed E-state index contributed by atoms with van der Waals surface area (Å²) in [5.74, 6) is -0.626. The van der Waals surface area contributed by atoms with Gasteiger partial charge < -0.3 is 4.74 Å². The highest BCUT2D eigenvalue weighted by atomic mass is 32.2. The summed E-state index contributed by atoms with van der Waals surface area (Å²) in [7, 11) is 0. The third-order valence-corrected chi connectivity index (χ3v) is 5.02. The van der Waals surface area contributed by atoms with Gasteiger partial charge >= 0.3 is 5.97 Å². The molecule has 1 aromatic heterocycles. The summed E-state index contributed by atoms with van der Waals surface area (Å²) in [6.07, 6.45) is 1.21. The Bertz CT molecular complexity index is 1080. The Hall–Kier alpha value is -3.32. The number of aromatic amines is 1. The Kier molecular flexibility index (Phi) is 6.74. The van der Waals surface area contributed by atoms with E-state index in [-0.39, 0.29) is 29.4 Å². The van der Waals surface area contributed by atoms with Crippen LogP contribution in [0.5, 0.6) is 5.75 Å². The maximum atomic E-state index is 11.9. The van der Waals surface area contributed by atoms with E-state index in [2.05, 4.69) is 25.9 Å². The Labute approximate surface area is 179 Å². The van der Waals surface area contributed by atoms with E-state index in [0.717, 1.165) is 11.8 Å². The van der Waals surface area contributed by atoms with Gasteiger partial charge in [-0.3, -0.25) is 34.3 Å². The predicted molar refractivity (Wildman–Crippen MR) is 109 cm³/mol. The summed E-state index contributed by atoms with van der Waals surface area (Å²) in [5.41, 5.74) is 3.03. The standard InChI is InChI=1S/C17H16N6O5S2/c1-9-19-16(29)23(22-9)8-13(24)21-18-7-10-2-4-11(5-3-10)28-14(25)6-12-15(26)20-17(27)30-12/h2-5,7,12H,6,8H2,1H3,(H,21,24)(H,19,22,29)(H,20,26,27)/b18-7-. The molecule has 156 valence electrons. The first-order valence-electron chi connectivity index (χ1n) is 8.58. The Balaban J connectivity index is 1.46. The van der Waals surface area contributed by atoms with E-state index in [9.17, 15) is 19.2 Å². The van der Waals surface area contributed by atoms with E-state index in [0.29, 0.717) is 11.4 Å². The van der Waals surface area contributed by atoms with Crippen LogP contribution in [0.2, 0.25) is 0 Å². The topological polar surface area (TPSA) is 148 Å². The van der Waals surface area contributed by atoms with Gasteiger partial charge in [0.1, 0.15) is 23.4 Å². The molecule has 0 saturated carbocycles. The second-order valence-electron chi connectivity index (χ2n) is 6.10. The van der Waals surface area contributed by atoms with Gasteiger partial charge in [0.25, 0.3) is 11.1 Å². The van der Waals surface area contributed by atoms with Crippen LogP contribution in [0.4, 0.5) is 4.79 Å². The number of ether oxygens (including phenoxy) is 1. The first-order valence-corrected chi connectivity index (χ1v) is 9.86. The van der Waals surface area contributed by atoms with Crippen LogP contribution >= 0.6 is 24.0 Å². The van der Waals surface area contributed by atoms with Gasteiger partial charge in [-0.2, -0.15) is 5.10 Å². The van der Waals surface area contributed by atoms with E-state index in [4.69, 9.17) is 17.0 Å². The number of amides is 3. The fourth-order valence-electron chi connectivity index (χ4n) is 2.41. The normalized spacial score (nSPS) is 16.0. The lowest BCUT2D eigenvalue weighted by atomic mass is 10.2. The molecule has 0 bridgehead atoms. The minimum absolute atomic E-state index is 0.0468. The summed E-state index contributed by atoms with van der Waals surface area (Å²) in [4.78, 5) is 50.4. The fourth-order valence-corrected chi connectivity index (χ4v) is 3.46. The first-order chi connectivity index (χ1) is 14.3. The smallest absolute Gasteiger partial charge is 0.312 e. The number of carbonyl (C=O) groups excluding carboxylic acids is 4. The monoisotopic (exact) mass is 448 g/mol. The van der Waals surface area contributed by atoms with Crippen LogP contribution in [0, 0.1) is 11.7 Å². The average Bonchev–Trinajstić information content (AvgIpc) is 3.15. The van der Waals surface area contributed by atoms with Crippen molar-refractivity contribution in [1.82, 2.24) is 25.5 Å². The molecule has 0 radical (unpaired) electrons. The molecule has 1 aliphatic rings. The quantitative estimate of drug-likeness (QED) is 0.187. The number of nitrogens with one attached hydrogen (secondary N) is 3. The van der Waals surface area contributed by atoms with Crippen LogP contribution in [0.3, 0.4) is 0 Å². The lowest BCUT2D eigenvalue weighted by Crippen LogP contribution is -2.27. The molecule has 0 aliphatic carbocycles. The molecule has 1 saturated heterocycles. The molecular formula is C17H16N6O5S2. The summed E-state index contributed by atoms with van der Waals surface area (Å²) in [6.45, 7) is 1.68. The van der Waals surface area contributed by atoms with Gasteiger partial charge in [-0.15, -0.1) is 0 Å². The van der Waals surface area contributed by atoms with Crippen molar-refractivity contribution in [2.75, 3.05) is 0 Å². The SMILES string of the molecule is Cc1nc(=S)n(CC(=O)N/N=C\c2ccc(OC(=O)CC3SC(=O)NC3=O)cc2)[nH]1. The van der Waals surface area contributed by atoms with Gasteiger partial charge in [-0.1, -0.05) is 11.8 Å². The molecule has 1 fully saturated rings. The van der Waals surface area contributed by atoms with Crippen LogP contribution in [-0.2, 0) is 20.9 Å². The maximum Gasteiger partial charge on any atom is 0.312 e. The molecule has 3 rings (SSSR count). The number of hydrazone groups is 1. The van der Waals surface area contributed by atoms with Crippen LogP contribution < -0.4 is 15.5 Å². The molecule has 13 heteroatoms. The molecule has 1 aromatic carbocycles. The van der Waals surface area contributed by atoms with Crippen molar-refractivity contribution in [1.29, 1.82) is 0 Å². The predicted octanol–water partition coefficient (Wildman–Crippen LogP) is 1.05. The zero-order valence-corrected chi connectivity index (χ0v) is 17.2. The zero-order chi connectivity index (χ0) is 21.7. The van der Waals surface area contributed by atoms with E-state index in [1.165, 1.54) is 10.9 Å². The maximum absolute atomic E-state index is 11.9. The molecule has 2 aromatic rings. The van der Waals surface area contributed by atoms with Gasteiger partial charge in [0.05, 0.1) is 12.6 Å². The molecular weight excluding hydrogens is 432 g/mol. The van der Waals surface area contributed by atoms with Crippen molar-refractivity contribution in [3.63, 3.8) is 0 Å². The number of hydrogen-bond acceptors (Lipinski definition) is 9. The van der Waals surface area contributed by atoms with Crippen LogP contribution in [-0.4, -0.2) is 49.3 Å². The van der Waals surface area contributed by atoms with Gasteiger partial charge in [0, 0.05) is 0 Å². The van der Waals surface area contributed by atoms with Crippen molar-refractivity contribution in [2.24, 2.45) is 5.10 Å². The summed E-state index contributed by atoms with van der Waals surface area (Å²) in [5, 5.41) is 7.55. The number of imide groups is 1. The van der Waals surface area contributed by atoms with Gasteiger partial charge in [0.2, 0.25) is 10.7 Å². The van der Waals surface area contributed by atoms with Gasteiger partial charge in [-0.05, 0) is 49.0 Å². The summed E-state index contributed by atoms with van der Waals surface area (Å²) < 4.78 is 6.85. The van der Waals surface area contributed by atoms with Crippen LogP contribution in [0.15, 0.2) is 29.4 Å². The third-order valence-electron chi connectivity index (χ3n) is 3.73. The molecule has 1 unspecified atom stereocenters. The van der Waals surface area contributed by atoms with Crippen LogP contribution in [0.25, 0.3) is 0 Å². The van der Waals surface area contributed by atoms with Gasteiger partial charge in [0.15, 0.2) is 0 Å². The lowest BCUT2D eigenvalue weighted by Gasteiger charge is -2.06. The lowest BCUT2D eigenvalue weighted by molar-refractivity contribution is -0.135. The molecule has 1 aliphatic heterocycles. The number of benzene rings is 1. The molecule has 1 atom stereocenters. The highest BCUT2D eigenvalue weighted by Gasteiger charge is 2.33. The number of thioether (sulfide) groups is 1. The number of esters is 1.